The van der Waals surface area contributed by atoms with Gasteiger partial charge in [0.25, 0.3) is 0 Å². The maximum absolute atomic E-state index is 12.1. The highest BCUT2D eigenvalue weighted by molar-refractivity contribution is 6.40. The second-order valence-electron chi connectivity index (χ2n) is 7.03. The maximum Gasteiger partial charge on any atom is 0.329 e. The Morgan fingerprint density at radius 1 is 0.970 bits per heavy atom. The number of rotatable bonds is 8. The van der Waals surface area contributed by atoms with E-state index in [0.717, 1.165) is 11.1 Å². The number of halogens is 1. The van der Waals surface area contributed by atoms with Gasteiger partial charge in [0, 0.05) is 10.7 Å². The van der Waals surface area contributed by atoms with E-state index in [9.17, 15) is 9.59 Å². The monoisotopic (exact) mass is 465 g/mol. The highest BCUT2D eigenvalue weighted by Gasteiger charge is 2.14. The molecule has 0 spiro atoms. The number of carbonyl (C=O) groups excluding carboxylic acids is 2. The summed E-state index contributed by atoms with van der Waals surface area (Å²) in [5.74, 6) is -0.605. The number of benzene rings is 3. The van der Waals surface area contributed by atoms with E-state index in [1.807, 2.05) is 37.3 Å². The Morgan fingerprint density at radius 2 is 1.76 bits per heavy atom. The van der Waals surface area contributed by atoms with Crippen LogP contribution in [-0.2, 0) is 16.2 Å². The van der Waals surface area contributed by atoms with Gasteiger partial charge in [-0.2, -0.15) is 5.10 Å². The topological polar surface area (TPSA) is 89.0 Å². The molecule has 7 nitrogen and oxygen atoms in total. The van der Waals surface area contributed by atoms with Gasteiger partial charge in [0.05, 0.1) is 12.8 Å². The smallest absolute Gasteiger partial charge is 0.329 e. The van der Waals surface area contributed by atoms with E-state index in [-0.39, 0.29) is 0 Å². The van der Waals surface area contributed by atoms with Crippen molar-refractivity contribution in [1.29, 1.82) is 0 Å². The van der Waals surface area contributed by atoms with Gasteiger partial charge in [-0.15, -0.1) is 0 Å². The third-order valence-electron chi connectivity index (χ3n) is 4.54. The molecule has 0 bridgehead atoms. The molecule has 3 rings (SSSR count). The lowest BCUT2D eigenvalue weighted by atomic mass is 10.2. The minimum atomic E-state index is -0.904. The molecule has 0 radical (unpaired) electrons. The zero-order valence-electron chi connectivity index (χ0n) is 18.3. The number of hydrazone groups is 1. The lowest BCUT2D eigenvalue weighted by molar-refractivity contribution is -0.136. The number of nitrogens with one attached hydrogen (secondary N) is 2. The van der Waals surface area contributed by atoms with E-state index in [4.69, 9.17) is 21.1 Å². The van der Waals surface area contributed by atoms with Crippen LogP contribution in [0.15, 0.2) is 71.8 Å². The van der Waals surface area contributed by atoms with Crippen LogP contribution in [0.3, 0.4) is 0 Å². The van der Waals surface area contributed by atoms with E-state index in [2.05, 4.69) is 15.8 Å². The first kappa shape index (κ1) is 23.8. The van der Waals surface area contributed by atoms with Crippen molar-refractivity contribution in [2.75, 3.05) is 11.9 Å². The normalized spacial score (nSPS) is 10.6. The third-order valence-corrected chi connectivity index (χ3v) is 4.77. The molecule has 8 heteroatoms. The summed E-state index contributed by atoms with van der Waals surface area (Å²) in [6, 6.07) is 20.1. The lowest BCUT2D eigenvalue weighted by Gasteiger charge is -2.12. The number of aryl methyl sites for hydroxylation is 1. The summed E-state index contributed by atoms with van der Waals surface area (Å²) >= 11 is 5.93. The molecule has 0 aromatic heterocycles. The molecule has 2 amide bonds. The van der Waals surface area contributed by atoms with Crippen molar-refractivity contribution in [3.8, 4) is 11.5 Å². The van der Waals surface area contributed by atoms with E-state index in [1.165, 1.54) is 6.21 Å². The molecule has 0 saturated heterocycles. The largest absolute Gasteiger partial charge is 0.490 e. The quantitative estimate of drug-likeness (QED) is 0.286. The summed E-state index contributed by atoms with van der Waals surface area (Å²) in [4.78, 5) is 24.2. The first-order valence-electron chi connectivity index (χ1n) is 10.3. The van der Waals surface area contributed by atoms with Crippen molar-refractivity contribution in [1.82, 2.24) is 5.43 Å². The zero-order valence-corrected chi connectivity index (χ0v) is 19.1. The Morgan fingerprint density at radius 3 is 2.52 bits per heavy atom. The summed E-state index contributed by atoms with van der Waals surface area (Å²) in [5, 5.41) is 6.83. The number of carbonyl (C=O) groups is 2. The van der Waals surface area contributed by atoms with Crippen LogP contribution in [0.5, 0.6) is 11.5 Å². The third kappa shape index (κ3) is 7.08. The second-order valence-corrected chi connectivity index (χ2v) is 7.46. The molecular formula is C25H24ClN3O4. The highest BCUT2D eigenvalue weighted by Crippen LogP contribution is 2.29. The first-order chi connectivity index (χ1) is 16.0. The minimum Gasteiger partial charge on any atom is -0.490 e. The summed E-state index contributed by atoms with van der Waals surface area (Å²) in [6.07, 6.45) is 1.42. The molecule has 0 aliphatic rings. The van der Waals surface area contributed by atoms with Crippen LogP contribution in [0.4, 0.5) is 5.69 Å². The molecule has 0 aliphatic heterocycles. The number of nitrogens with zero attached hydrogens (tertiary/aromatic N) is 1. The van der Waals surface area contributed by atoms with Gasteiger partial charge in [0.2, 0.25) is 0 Å². The van der Waals surface area contributed by atoms with Crippen LogP contribution in [0.1, 0.15) is 23.6 Å². The Kier molecular flexibility index (Phi) is 8.43. The fourth-order valence-corrected chi connectivity index (χ4v) is 3.02. The molecule has 0 fully saturated rings. The van der Waals surface area contributed by atoms with Crippen molar-refractivity contribution in [2.45, 2.75) is 20.5 Å². The van der Waals surface area contributed by atoms with Crippen LogP contribution in [-0.4, -0.2) is 24.6 Å². The number of hydrogen-bond acceptors (Lipinski definition) is 5. The number of amides is 2. The summed E-state index contributed by atoms with van der Waals surface area (Å²) < 4.78 is 11.5. The van der Waals surface area contributed by atoms with Crippen LogP contribution in [0.2, 0.25) is 5.02 Å². The van der Waals surface area contributed by atoms with Crippen molar-refractivity contribution in [3.63, 3.8) is 0 Å². The predicted octanol–water partition coefficient (Wildman–Crippen LogP) is 4.71. The van der Waals surface area contributed by atoms with Gasteiger partial charge in [-0.1, -0.05) is 48.0 Å². The lowest BCUT2D eigenvalue weighted by Crippen LogP contribution is -2.32. The zero-order chi connectivity index (χ0) is 23.6. The molecule has 2 N–H and O–H groups in total. The van der Waals surface area contributed by atoms with Crippen LogP contribution in [0.25, 0.3) is 0 Å². The van der Waals surface area contributed by atoms with Crippen LogP contribution >= 0.6 is 11.6 Å². The van der Waals surface area contributed by atoms with E-state index < -0.39 is 11.8 Å². The fraction of sp³-hybridized carbons (Fsp3) is 0.160. The first-order valence-corrected chi connectivity index (χ1v) is 10.7. The average Bonchev–Trinajstić information content (AvgIpc) is 2.81. The number of ether oxygens (including phenoxy) is 2. The SMILES string of the molecule is CCOc1cc(/C=N/NC(=O)C(=O)Nc2cc(Cl)ccc2C)ccc1OCc1ccccc1. The molecule has 170 valence electrons. The minimum absolute atomic E-state index is 0.408. The maximum atomic E-state index is 12.1. The molecule has 3 aromatic carbocycles. The van der Waals surface area contributed by atoms with Crippen LogP contribution in [0, 0.1) is 6.92 Å². The predicted molar refractivity (Wildman–Crippen MR) is 129 cm³/mol. The van der Waals surface area contributed by atoms with Gasteiger partial charge in [0.1, 0.15) is 6.61 Å². The van der Waals surface area contributed by atoms with Crippen molar-refractivity contribution in [2.24, 2.45) is 5.10 Å². The molecular weight excluding hydrogens is 442 g/mol. The van der Waals surface area contributed by atoms with Gasteiger partial charge in [-0.05, 0) is 60.9 Å². The standard InChI is InChI=1S/C25H24ClN3O4/c1-3-32-23-13-19(10-12-22(23)33-16-18-7-5-4-6-8-18)15-27-29-25(31)24(30)28-21-14-20(26)11-9-17(21)2/h4-15H,3,16H2,1-2H3,(H,28,30)(H,29,31)/b27-15+. The van der Waals surface area contributed by atoms with Crippen molar-refractivity contribution >= 4 is 35.3 Å². The number of hydrogen-bond donors (Lipinski definition) is 2. The molecule has 0 heterocycles. The Bertz CT molecular complexity index is 1150. The molecule has 0 saturated carbocycles. The van der Waals surface area contributed by atoms with Gasteiger partial charge < -0.3 is 14.8 Å². The van der Waals surface area contributed by atoms with E-state index >= 15 is 0 Å². The Hall–Kier alpha value is -3.84. The Balaban J connectivity index is 1.60. The second kappa shape index (κ2) is 11.7. The van der Waals surface area contributed by atoms with Gasteiger partial charge in [0.15, 0.2) is 11.5 Å². The number of anilines is 1. The van der Waals surface area contributed by atoms with E-state index in [1.54, 1.807) is 43.3 Å². The van der Waals surface area contributed by atoms with Gasteiger partial charge in [-0.3, -0.25) is 9.59 Å². The molecule has 0 aliphatic carbocycles. The van der Waals surface area contributed by atoms with Crippen LogP contribution < -0.4 is 20.2 Å². The van der Waals surface area contributed by atoms with Crippen molar-refractivity contribution < 1.29 is 19.1 Å². The molecule has 33 heavy (non-hydrogen) atoms. The fourth-order valence-electron chi connectivity index (χ4n) is 2.85. The van der Waals surface area contributed by atoms with E-state index in [0.29, 0.717) is 41.0 Å². The summed E-state index contributed by atoms with van der Waals surface area (Å²) in [6.45, 7) is 4.54. The van der Waals surface area contributed by atoms with Gasteiger partial charge >= 0.3 is 11.8 Å². The summed E-state index contributed by atoms with van der Waals surface area (Å²) in [5.41, 5.74) is 5.15. The van der Waals surface area contributed by atoms with Crippen molar-refractivity contribution in [3.05, 3.63) is 88.4 Å². The highest BCUT2D eigenvalue weighted by atomic mass is 35.5. The molecule has 3 aromatic rings. The Labute approximate surface area is 197 Å². The molecule has 0 unspecified atom stereocenters. The summed E-state index contributed by atoms with van der Waals surface area (Å²) in [7, 11) is 0. The van der Waals surface area contributed by atoms with Gasteiger partial charge in [-0.25, -0.2) is 5.43 Å². The average molecular weight is 466 g/mol. The molecule has 0 atom stereocenters.